The van der Waals surface area contributed by atoms with Crippen LogP contribution < -0.4 is 5.32 Å². The van der Waals surface area contributed by atoms with Crippen LogP contribution in [0.3, 0.4) is 0 Å². The molecular formula is C23H45NO2. The zero-order valence-electron chi connectivity index (χ0n) is 17.8. The Morgan fingerprint density at radius 2 is 1.27 bits per heavy atom. The molecule has 0 heterocycles. The van der Waals surface area contributed by atoms with Crippen molar-refractivity contribution in [1.29, 1.82) is 0 Å². The topological polar surface area (TPSA) is 49.3 Å². The smallest absolute Gasteiger partial charge is 0.249 e. The minimum Gasteiger partial charge on any atom is -0.383 e. The van der Waals surface area contributed by atoms with Crippen LogP contribution >= 0.6 is 0 Å². The number of unbranched alkanes of at least 4 members (excludes halogenated alkanes) is 12. The first-order valence-corrected chi connectivity index (χ1v) is 11.2. The van der Waals surface area contributed by atoms with E-state index in [4.69, 9.17) is 0 Å². The molecule has 1 atom stereocenters. The summed E-state index contributed by atoms with van der Waals surface area (Å²) >= 11 is 0. The first-order valence-electron chi connectivity index (χ1n) is 11.2. The van der Waals surface area contributed by atoms with Gasteiger partial charge in [-0.15, -0.1) is 0 Å². The van der Waals surface area contributed by atoms with Crippen molar-refractivity contribution >= 4 is 5.91 Å². The van der Waals surface area contributed by atoms with Crippen LogP contribution in [0.15, 0.2) is 12.2 Å². The second kappa shape index (κ2) is 18.9. The Morgan fingerprint density at radius 1 is 0.808 bits per heavy atom. The van der Waals surface area contributed by atoms with Gasteiger partial charge in [0.2, 0.25) is 5.91 Å². The average molecular weight is 368 g/mol. The van der Waals surface area contributed by atoms with Crippen LogP contribution in [-0.4, -0.2) is 23.7 Å². The third-order valence-electron chi connectivity index (χ3n) is 4.89. The number of carbonyl (C=O) groups is 1. The number of hydrogen-bond acceptors (Lipinski definition) is 2. The molecule has 0 rings (SSSR count). The standard InChI is InChI=1S/C23H45NO2/c1-4-5-6-7-8-9-10-11-12-13-14-15-16-17-18-19-20-24-23(26)22(25)21(2)3/h11-12,21-22,25H,4-10,13-20H2,1-3H3,(H,24,26)/t22-/m0/s1. The molecule has 0 aromatic heterocycles. The molecule has 0 aliphatic rings. The van der Waals surface area contributed by atoms with E-state index in [9.17, 15) is 9.90 Å². The normalized spacial score (nSPS) is 12.8. The molecule has 0 aromatic carbocycles. The van der Waals surface area contributed by atoms with Crippen molar-refractivity contribution in [2.75, 3.05) is 6.54 Å². The quantitative estimate of drug-likeness (QED) is 0.225. The molecule has 0 spiro atoms. The molecule has 0 saturated heterocycles. The van der Waals surface area contributed by atoms with E-state index in [2.05, 4.69) is 24.4 Å². The van der Waals surface area contributed by atoms with Crippen molar-refractivity contribution in [3.63, 3.8) is 0 Å². The fraction of sp³-hybridized carbons (Fsp3) is 0.870. The largest absolute Gasteiger partial charge is 0.383 e. The molecule has 0 bridgehead atoms. The molecule has 3 nitrogen and oxygen atoms in total. The first-order chi connectivity index (χ1) is 12.6. The van der Waals surface area contributed by atoms with Gasteiger partial charge in [-0.2, -0.15) is 0 Å². The number of hydrogen-bond donors (Lipinski definition) is 2. The van der Waals surface area contributed by atoms with Gasteiger partial charge >= 0.3 is 0 Å². The SMILES string of the molecule is CCCCCCCCC=CCCCCCCCCNC(=O)[C@@H](O)C(C)C. The van der Waals surface area contributed by atoms with E-state index in [1.165, 1.54) is 77.0 Å². The van der Waals surface area contributed by atoms with Crippen molar-refractivity contribution in [3.8, 4) is 0 Å². The molecule has 0 aromatic rings. The maximum Gasteiger partial charge on any atom is 0.249 e. The summed E-state index contributed by atoms with van der Waals surface area (Å²) in [4.78, 5) is 11.6. The van der Waals surface area contributed by atoms with E-state index >= 15 is 0 Å². The summed E-state index contributed by atoms with van der Waals surface area (Å²) in [5.41, 5.74) is 0. The third-order valence-corrected chi connectivity index (χ3v) is 4.89. The highest BCUT2D eigenvalue weighted by molar-refractivity contribution is 5.80. The number of carbonyl (C=O) groups excluding carboxylic acids is 1. The van der Waals surface area contributed by atoms with Gasteiger partial charge in [0.1, 0.15) is 6.10 Å². The predicted octanol–water partition coefficient (Wildman–Crippen LogP) is 6.16. The number of aliphatic hydroxyl groups is 1. The Labute approximate surface area is 163 Å². The van der Waals surface area contributed by atoms with Crippen molar-refractivity contribution in [2.24, 2.45) is 5.92 Å². The monoisotopic (exact) mass is 367 g/mol. The fourth-order valence-corrected chi connectivity index (χ4v) is 2.99. The molecule has 3 heteroatoms. The Balaban J connectivity index is 3.24. The highest BCUT2D eigenvalue weighted by Gasteiger charge is 2.17. The lowest BCUT2D eigenvalue weighted by Crippen LogP contribution is -2.38. The summed E-state index contributed by atoms with van der Waals surface area (Å²) in [7, 11) is 0. The van der Waals surface area contributed by atoms with Crippen molar-refractivity contribution in [1.82, 2.24) is 5.32 Å². The summed E-state index contributed by atoms with van der Waals surface area (Å²) in [6, 6.07) is 0. The minimum absolute atomic E-state index is 0.0187. The van der Waals surface area contributed by atoms with Gasteiger partial charge in [0.25, 0.3) is 0 Å². The predicted molar refractivity (Wildman–Crippen MR) is 113 cm³/mol. The Hall–Kier alpha value is -0.830. The lowest BCUT2D eigenvalue weighted by Gasteiger charge is -2.14. The van der Waals surface area contributed by atoms with Crippen LogP contribution in [0, 0.1) is 5.92 Å². The van der Waals surface area contributed by atoms with Gasteiger partial charge < -0.3 is 10.4 Å². The second-order valence-corrected chi connectivity index (χ2v) is 7.92. The molecule has 0 unspecified atom stereocenters. The van der Waals surface area contributed by atoms with E-state index < -0.39 is 6.10 Å². The molecule has 0 fully saturated rings. The summed E-state index contributed by atoms with van der Waals surface area (Å²) in [5.74, 6) is -0.248. The van der Waals surface area contributed by atoms with Crippen LogP contribution in [0.5, 0.6) is 0 Å². The highest BCUT2D eigenvalue weighted by Crippen LogP contribution is 2.10. The Bertz CT molecular complexity index is 339. The summed E-state index contributed by atoms with van der Waals surface area (Å²) < 4.78 is 0. The number of nitrogens with one attached hydrogen (secondary N) is 1. The number of rotatable bonds is 18. The van der Waals surface area contributed by atoms with Crippen molar-refractivity contribution in [2.45, 2.75) is 117 Å². The number of allylic oxidation sites excluding steroid dienone is 2. The zero-order valence-corrected chi connectivity index (χ0v) is 17.8. The molecule has 0 aliphatic carbocycles. The van der Waals surface area contributed by atoms with Gasteiger partial charge in [-0.1, -0.05) is 90.7 Å². The van der Waals surface area contributed by atoms with Gasteiger partial charge in [-0.25, -0.2) is 0 Å². The van der Waals surface area contributed by atoms with E-state index in [0.29, 0.717) is 6.54 Å². The fourth-order valence-electron chi connectivity index (χ4n) is 2.99. The molecule has 1 amide bonds. The maximum atomic E-state index is 11.6. The number of amides is 1. The van der Waals surface area contributed by atoms with Crippen LogP contribution in [0.25, 0.3) is 0 Å². The lowest BCUT2D eigenvalue weighted by atomic mass is 10.1. The number of aliphatic hydroxyl groups excluding tert-OH is 1. The second-order valence-electron chi connectivity index (χ2n) is 7.92. The summed E-state index contributed by atoms with van der Waals surface area (Å²) in [6.45, 7) is 6.66. The highest BCUT2D eigenvalue weighted by atomic mass is 16.3. The van der Waals surface area contributed by atoms with Crippen LogP contribution in [0.4, 0.5) is 0 Å². The molecule has 0 radical (unpaired) electrons. The van der Waals surface area contributed by atoms with E-state index in [-0.39, 0.29) is 11.8 Å². The average Bonchev–Trinajstić information content (AvgIpc) is 2.63. The third kappa shape index (κ3) is 16.6. The van der Waals surface area contributed by atoms with Gasteiger partial charge in [0.15, 0.2) is 0 Å². The summed E-state index contributed by atoms with van der Waals surface area (Å²) in [5, 5.41) is 12.4. The maximum absolute atomic E-state index is 11.6. The summed E-state index contributed by atoms with van der Waals surface area (Å²) in [6.07, 6.45) is 21.9. The Kier molecular flexibility index (Phi) is 18.3. The van der Waals surface area contributed by atoms with Crippen LogP contribution in [0.1, 0.15) is 111 Å². The van der Waals surface area contributed by atoms with E-state index in [0.717, 1.165) is 12.8 Å². The molecular weight excluding hydrogens is 322 g/mol. The van der Waals surface area contributed by atoms with E-state index in [1.54, 1.807) is 0 Å². The Morgan fingerprint density at radius 3 is 1.77 bits per heavy atom. The molecule has 26 heavy (non-hydrogen) atoms. The van der Waals surface area contributed by atoms with Crippen molar-refractivity contribution < 1.29 is 9.90 Å². The van der Waals surface area contributed by atoms with E-state index in [1.807, 2.05) is 13.8 Å². The molecule has 2 N–H and O–H groups in total. The van der Waals surface area contributed by atoms with Gasteiger partial charge in [-0.3, -0.25) is 4.79 Å². The van der Waals surface area contributed by atoms with Crippen LogP contribution in [-0.2, 0) is 4.79 Å². The molecule has 154 valence electrons. The molecule has 0 saturated carbocycles. The van der Waals surface area contributed by atoms with Gasteiger partial charge in [-0.05, 0) is 38.0 Å². The lowest BCUT2D eigenvalue weighted by molar-refractivity contribution is -0.131. The zero-order chi connectivity index (χ0) is 19.5. The minimum atomic E-state index is -0.871. The van der Waals surface area contributed by atoms with Crippen LogP contribution in [0.2, 0.25) is 0 Å². The van der Waals surface area contributed by atoms with Crippen molar-refractivity contribution in [3.05, 3.63) is 12.2 Å². The van der Waals surface area contributed by atoms with Gasteiger partial charge in [0.05, 0.1) is 0 Å². The first kappa shape index (κ1) is 25.2. The van der Waals surface area contributed by atoms with Gasteiger partial charge in [0, 0.05) is 6.54 Å². The molecule has 0 aliphatic heterocycles.